The topological polar surface area (TPSA) is 75.5 Å². The smallest absolute Gasteiger partial charge is 0.203 e. The number of methoxy groups -OCH3 is 3. The highest BCUT2D eigenvalue weighted by atomic mass is 32.2. The van der Waals surface area contributed by atoms with Crippen LogP contribution in [0, 0.1) is 11.3 Å². The molecule has 0 amide bonds. The van der Waals surface area contributed by atoms with Gasteiger partial charge >= 0.3 is 0 Å². The monoisotopic (exact) mass is 399 g/mol. The first-order valence-corrected chi connectivity index (χ1v) is 10.3. The number of nitrogens with zero attached hydrogens (tertiary/aromatic N) is 1. The summed E-state index contributed by atoms with van der Waals surface area (Å²) < 4.78 is 16.2. The highest BCUT2D eigenvalue weighted by Gasteiger charge is 2.16. The minimum absolute atomic E-state index is 0.407. The van der Waals surface area contributed by atoms with Gasteiger partial charge in [0.25, 0.3) is 0 Å². The van der Waals surface area contributed by atoms with Gasteiger partial charge in [0.2, 0.25) is 5.75 Å². The Morgan fingerprint density at radius 1 is 0.964 bits per heavy atom. The average molecular weight is 400 g/mol. The molecule has 28 heavy (non-hydrogen) atoms. The van der Waals surface area contributed by atoms with E-state index < -0.39 is 0 Å². The van der Waals surface area contributed by atoms with Crippen LogP contribution in [0.1, 0.15) is 18.4 Å². The van der Waals surface area contributed by atoms with Crippen molar-refractivity contribution in [2.24, 2.45) is 0 Å². The van der Waals surface area contributed by atoms with E-state index in [2.05, 4.69) is 16.7 Å². The fourth-order valence-electron chi connectivity index (χ4n) is 3.22. The lowest BCUT2D eigenvalue weighted by atomic mass is 10.1. The molecule has 1 fully saturated rings. The largest absolute Gasteiger partial charge is 0.493 e. The third-order valence-corrected chi connectivity index (χ3v) is 5.72. The first kappa shape index (κ1) is 20.0. The van der Waals surface area contributed by atoms with E-state index in [-0.39, 0.29) is 0 Å². The molecule has 2 aromatic carbocycles. The Morgan fingerprint density at radius 2 is 1.64 bits per heavy atom. The number of anilines is 3. The van der Waals surface area contributed by atoms with Gasteiger partial charge in [-0.3, -0.25) is 0 Å². The Labute approximate surface area is 170 Å². The van der Waals surface area contributed by atoms with Crippen LogP contribution in [0.3, 0.4) is 0 Å². The summed E-state index contributed by atoms with van der Waals surface area (Å²) in [6, 6.07) is 12.1. The van der Waals surface area contributed by atoms with Crippen LogP contribution in [-0.2, 0) is 0 Å². The van der Waals surface area contributed by atoms with Crippen molar-refractivity contribution in [1.82, 2.24) is 0 Å². The van der Waals surface area contributed by atoms with E-state index in [0.717, 1.165) is 41.4 Å². The second-order valence-corrected chi connectivity index (χ2v) is 7.67. The van der Waals surface area contributed by atoms with Crippen LogP contribution in [0.4, 0.5) is 17.1 Å². The molecular weight excluding hydrogens is 374 g/mol. The molecule has 3 rings (SSSR count). The minimum atomic E-state index is 0.407. The fraction of sp³-hybridized carbons (Fsp3) is 0.381. The predicted octanol–water partition coefficient (Wildman–Crippen LogP) is 4.64. The van der Waals surface area contributed by atoms with E-state index in [0.29, 0.717) is 28.9 Å². The number of nitrogens with one attached hydrogen (secondary N) is 2. The zero-order valence-corrected chi connectivity index (χ0v) is 17.2. The number of hydrogen-bond acceptors (Lipinski definition) is 7. The van der Waals surface area contributed by atoms with Crippen LogP contribution in [-0.4, -0.2) is 38.9 Å². The van der Waals surface area contributed by atoms with Gasteiger partial charge in [0.05, 0.1) is 32.6 Å². The zero-order chi connectivity index (χ0) is 19.9. The molecule has 7 heteroatoms. The molecule has 0 spiro atoms. The molecule has 0 radical (unpaired) electrons. The van der Waals surface area contributed by atoms with E-state index in [9.17, 15) is 5.26 Å². The van der Waals surface area contributed by atoms with Crippen molar-refractivity contribution in [3.63, 3.8) is 0 Å². The van der Waals surface area contributed by atoms with E-state index in [1.807, 2.05) is 42.1 Å². The summed E-state index contributed by atoms with van der Waals surface area (Å²) in [5.74, 6) is 4.02. The molecule has 1 heterocycles. The minimum Gasteiger partial charge on any atom is -0.493 e. The van der Waals surface area contributed by atoms with Crippen LogP contribution >= 0.6 is 11.8 Å². The number of hydrogen-bond donors (Lipinski definition) is 2. The quantitative estimate of drug-likeness (QED) is 0.703. The Kier molecular flexibility index (Phi) is 6.77. The first-order valence-electron chi connectivity index (χ1n) is 9.14. The summed E-state index contributed by atoms with van der Waals surface area (Å²) in [6.07, 6.45) is 2.22. The van der Waals surface area contributed by atoms with Crippen molar-refractivity contribution in [3.05, 3.63) is 35.9 Å². The lowest BCUT2D eigenvalue weighted by Crippen LogP contribution is -2.24. The summed E-state index contributed by atoms with van der Waals surface area (Å²) >= 11 is 1.98. The molecule has 2 N–H and O–H groups in total. The zero-order valence-electron chi connectivity index (χ0n) is 16.4. The van der Waals surface area contributed by atoms with Crippen molar-refractivity contribution in [2.75, 3.05) is 43.5 Å². The Balaban J connectivity index is 1.86. The van der Waals surface area contributed by atoms with Gasteiger partial charge in [0, 0.05) is 29.5 Å². The third kappa shape index (κ3) is 4.57. The van der Waals surface area contributed by atoms with E-state index in [1.54, 1.807) is 21.3 Å². The lowest BCUT2D eigenvalue weighted by molar-refractivity contribution is 0.324. The Hall–Kier alpha value is -2.72. The lowest BCUT2D eigenvalue weighted by Gasteiger charge is -2.24. The summed E-state index contributed by atoms with van der Waals surface area (Å²) in [5.41, 5.74) is 3.19. The van der Waals surface area contributed by atoms with Gasteiger partial charge in [-0.1, -0.05) is 0 Å². The van der Waals surface area contributed by atoms with Gasteiger partial charge in [-0.2, -0.15) is 17.0 Å². The summed E-state index contributed by atoms with van der Waals surface area (Å²) in [4.78, 5) is 0. The fourth-order valence-corrected chi connectivity index (χ4v) is 4.33. The van der Waals surface area contributed by atoms with E-state index in [4.69, 9.17) is 14.2 Å². The molecule has 0 aliphatic carbocycles. The van der Waals surface area contributed by atoms with Crippen LogP contribution in [0.25, 0.3) is 0 Å². The average Bonchev–Trinajstić information content (AvgIpc) is 2.74. The maximum atomic E-state index is 9.46. The maximum absolute atomic E-state index is 9.46. The van der Waals surface area contributed by atoms with Gasteiger partial charge < -0.3 is 24.8 Å². The summed E-state index contributed by atoms with van der Waals surface area (Å²) in [5, 5.41) is 16.4. The van der Waals surface area contributed by atoms with Crippen molar-refractivity contribution in [2.45, 2.75) is 18.9 Å². The number of rotatable bonds is 7. The normalized spacial score (nSPS) is 14.1. The van der Waals surface area contributed by atoms with Crippen molar-refractivity contribution in [3.8, 4) is 23.3 Å². The molecule has 148 valence electrons. The highest BCUT2D eigenvalue weighted by molar-refractivity contribution is 7.99. The second-order valence-electron chi connectivity index (χ2n) is 6.44. The Bertz CT molecular complexity index is 835. The third-order valence-electron chi connectivity index (χ3n) is 4.67. The highest BCUT2D eigenvalue weighted by Crippen LogP contribution is 2.40. The molecule has 0 atom stereocenters. The molecule has 1 saturated heterocycles. The van der Waals surface area contributed by atoms with Gasteiger partial charge in [0.1, 0.15) is 6.07 Å². The molecule has 6 nitrogen and oxygen atoms in total. The van der Waals surface area contributed by atoms with Crippen LogP contribution in [0.15, 0.2) is 30.3 Å². The summed E-state index contributed by atoms with van der Waals surface area (Å²) in [7, 11) is 4.76. The first-order chi connectivity index (χ1) is 13.7. The van der Waals surface area contributed by atoms with Crippen molar-refractivity contribution >= 4 is 28.8 Å². The van der Waals surface area contributed by atoms with Gasteiger partial charge in [-0.05, 0) is 42.5 Å². The Morgan fingerprint density at radius 3 is 2.21 bits per heavy atom. The number of thioether (sulfide) groups is 1. The molecule has 0 unspecified atom stereocenters. The van der Waals surface area contributed by atoms with Crippen LogP contribution in [0.5, 0.6) is 17.2 Å². The summed E-state index contributed by atoms with van der Waals surface area (Å²) in [6.45, 7) is 0. The van der Waals surface area contributed by atoms with Crippen LogP contribution in [0.2, 0.25) is 0 Å². The molecular formula is C21H25N3O3S. The molecule has 1 aliphatic heterocycles. The number of nitriles is 1. The van der Waals surface area contributed by atoms with Crippen molar-refractivity contribution < 1.29 is 14.2 Å². The van der Waals surface area contributed by atoms with Crippen LogP contribution < -0.4 is 24.8 Å². The molecule has 1 aliphatic rings. The predicted molar refractivity (Wildman–Crippen MR) is 115 cm³/mol. The van der Waals surface area contributed by atoms with Gasteiger partial charge in [0.15, 0.2) is 11.5 Å². The van der Waals surface area contributed by atoms with E-state index in [1.165, 1.54) is 0 Å². The number of ether oxygens (including phenoxy) is 3. The molecule has 0 aromatic heterocycles. The van der Waals surface area contributed by atoms with E-state index >= 15 is 0 Å². The van der Waals surface area contributed by atoms with Gasteiger partial charge in [-0.25, -0.2) is 0 Å². The number of benzene rings is 2. The standard InChI is InChI=1S/C21H25N3O3S/c1-25-19-11-17(12-20(26-2)21(19)27-3)23-16-5-4-14(13-22)18(10-16)24-15-6-8-28-9-7-15/h4-5,10-12,15,23-24H,6-9H2,1-3H3. The SMILES string of the molecule is COc1cc(Nc2ccc(C#N)c(NC3CCSCC3)c2)cc(OC)c1OC. The molecule has 0 saturated carbocycles. The van der Waals surface area contributed by atoms with Gasteiger partial charge in [-0.15, -0.1) is 0 Å². The second kappa shape index (κ2) is 9.47. The molecule has 2 aromatic rings. The molecule has 0 bridgehead atoms. The maximum Gasteiger partial charge on any atom is 0.203 e. The van der Waals surface area contributed by atoms with Crippen molar-refractivity contribution in [1.29, 1.82) is 5.26 Å².